The normalized spacial score (nSPS) is 20.2. The van der Waals surface area contributed by atoms with Gasteiger partial charge in [-0.3, -0.25) is 9.69 Å². The summed E-state index contributed by atoms with van der Waals surface area (Å²) in [5.74, 6) is -0.415. The zero-order valence-corrected chi connectivity index (χ0v) is 16.8. The minimum atomic E-state index is -3.27. The van der Waals surface area contributed by atoms with E-state index >= 15 is 0 Å². The number of sulfone groups is 1. The van der Waals surface area contributed by atoms with Crippen LogP contribution in [0, 0.1) is 0 Å². The van der Waals surface area contributed by atoms with Gasteiger partial charge < -0.3 is 4.90 Å². The molecule has 7 heteroatoms. The number of hydrogen-bond donors (Lipinski definition) is 0. The van der Waals surface area contributed by atoms with E-state index in [1.165, 1.54) is 23.1 Å². The van der Waals surface area contributed by atoms with Gasteiger partial charge >= 0.3 is 6.03 Å². The van der Waals surface area contributed by atoms with Crippen LogP contribution < -0.4 is 0 Å². The number of hydrogen-bond acceptors (Lipinski definition) is 4. The van der Waals surface area contributed by atoms with Crippen LogP contribution in [0.1, 0.15) is 24.1 Å². The van der Waals surface area contributed by atoms with Gasteiger partial charge in [0.05, 0.1) is 17.0 Å². The SMILES string of the molecule is CC1C(c2ccccc2)N(C(=O)C=Cc2ccc(S(C)(=O)=O)cc2)C(=O)N1C. The maximum Gasteiger partial charge on any atom is 0.327 e. The summed E-state index contributed by atoms with van der Waals surface area (Å²) < 4.78 is 23.1. The Kier molecular flexibility index (Phi) is 5.38. The van der Waals surface area contributed by atoms with Gasteiger partial charge in [-0.05, 0) is 36.3 Å². The molecule has 146 valence electrons. The molecule has 0 bridgehead atoms. The Morgan fingerprint density at radius 3 is 2.21 bits per heavy atom. The van der Waals surface area contributed by atoms with E-state index in [1.807, 2.05) is 37.3 Å². The molecule has 0 radical (unpaired) electrons. The van der Waals surface area contributed by atoms with Crippen molar-refractivity contribution in [1.82, 2.24) is 9.80 Å². The van der Waals surface area contributed by atoms with E-state index in [-0.39, 0.29) is 23.0 Å². The molecule has 0 aliphatic carbocycles. The summed E-state index contributed by atoms with van der Waals surface area (Å²) in [4.78, 5) is 28.5. The van der Waals surface area contributed by atoms with E-state index in [4.69, 9.17) is 0 Å². The molecule has 3 amide bonds. The van der Waals surface area contributed by atoms with E-state index in [0.29, 0.717) is 5.56 Å². The van der Waals surface area contributed by atoms with Crippen LogP contribution in [0.15, 0.2) is 65.6 Å². The van der Waals surface area contributed by atoms with Crippen LogP contribution in [0.25, 0.3) is 6.08 Å². The summed E-state index contributed by atoms with van der Waals surface area (Å²) in [6.45, 7) is 1.91. The number of carbonyl (C=O) groups excluding carboxylic acids is 2. The number of imide groups is 1. The van der Waals surface area contributed by atoms with Crippen LogP contribution in [0.4, 0.5) is 4.79 Å². The van der Waals surface area contributed by atoms with E-state index in [1.54, 1.807) is 30.2 Å². The van der Waals surface area contributed by atoms with Crippen LogP contribution in [0.2, 0.25) is 0 Å². The first-order valence-electron chi connectivity index (χ1n) is 8.83. The first-order chi connectivity index (χ1) is 13.2. The molecule has 2 atom stereocenters. The molecule has 1 saturated heterocycles. The quantitative estimate of drug-likeness (QED) is 0.742. The number of carbonyl (C=O) groups is 2. The van der Waals surface area contributed by atoms with Crippen LogP contribution >= 0.6 is 0 Å². The minimum Gasteiger partial charge on any atom is -0.322 e. The smallest absolute Gasteiger partial charge is 0.322 e. The van der Waals surface area contributed by atoms with Gasteiger partial charge in [-0.25, -0.2) is 13.2 Å². The predicted molar refractivity (Wildman–Crippen MR) is 107 cm³/mol. The average molecular weight is 398 g/mol. The topological polar surface area (TPSA) is 74.8 Å². The summed E-state index contributed by atoms with van der Waals surface area (Å²) in [6.07, 6.45) is 4.06. The molecule has 28 heavy (non-hydrogen) atoms. The predicted octanol–water partition coefficient (Wildman–Crippen LogP) is 3.13. The number of likely N-dealkylation sites (N-methyl/N-ethyl adjacent to an activating group) is 1. The maximum atomic E-state index is 12.8. The Morgan fingerprint density at radius 2 is 1.64 bits per heavy atom. The molecule has 0 spiro atoms. The maximum absolute atomic E-state index is 12.8. The molecule has 1 aliphatic heterocycles. The Hall–Kier alpha value is -2.93. The highest BCUT2D eigenvalue weighted by atomic mass is 32.2. The molecule has 0 saturated carbocycles. The average Bonchev–Trinajstić information content (AvgIpc) is 2.90. The van der Waals surface area contributed by atoms with Crippen LogP contribution in [0.5, 0.6) is 0 Å². The molecule has 0 N–H and O–H groups in total. The summed E-state index contributed by atoms with van der Waals surface area (Å²) in [7, 11) is -1.59. The molecule has 2 aromatic carbocycles. The fourth-order valence-electron chi connectivity index (χ4n) is 3.27. The van der Waals surface area contributed by atoms with Crippen molar-refractivity contribution in [2.75, 3.05) is 13.3 Å². The molecule has 2 aromatic rings. The lowest BCUT2D eigenvalue weighted by Crippen LogP contribution is -2.35. The zero-order valence-electron chi connectivity index (χ0n) is 15.9. The fraction of sp³-hybridized carbons (Fsp3) is 0.238. The molecule has 6 nitrogen and oxygen atoms in total. The second kappa shape index (κ2) is 7.59. The van der Waals surface area contributed by atoms with E-state index in [2.05, 4.69) is 0 Å². The molecule has 1 fully saturated rings. The van der Waals surface area contributed by atoms with Gasteiger partial charge in [0.15, 0.2) is 9.84 Å². The third kappa shape index (κ3) is 3.84. The second-order valence-corrected chi connectivity index (χ2v) is 8.89. The lowest BCUT2D eigenvalue weighted by molar-refractivity contribution is -0.124. The van der Waals surface area contributed by atoms with E-state index in [0.717, 1.165) is 11.8 Å². The van der Waals surface area contributed by atoms with Gasteiger partial charge in [-0.2, -0.15) is 0 Å². The second-order valence-electron chi connectivity index (χ2n) is 6.87. The van der Waals surface area contributed by atoms with E-state index in [9.17, 15) is 18.0 Å². The van der Waals surface area contributed by atoms with Crippen molar-refractivity contribution in [3.05, 3.63) is 71.8 Å². The molecule has 0 aromatic heterocycles. The third-order valence-electron chi connectivity index (χ3n) is 4.96. The lowest BCUT2D eigenvalue weighted by atomic mass is 10.0. The lowest BCUT2D eigenvalue weighted by Gasteiger charge is -2.23. The monoisotopic (exact) mass is 398 g/mol. The number of urea groups is 1. The van der Waals surface area contributed by atoms with Crippen LogP contribution in [-0.4, -0.2) is 49.5 Å². The Morgan fingerprint density at radius 1 is 1.04 bits per heavy atom. The highest BCUT2D eigenvalue weighted by Crippen LogP contribution is 2.34. The summed E-state index contributed by atoms with van der Waals surface area (Å²) in [5.41, 5.74) is 1.57. The molecular formula is C21H22N2O4S. The number of amides is 3. The van der Waals surface area contributed by atoms with Crippen molar-refractivity contribution in [3.63, 3.8) is 0 Å². The standard InChI is InChI=1S/C21H22N2O4S/c1-15-20(17-7-5-4-6-8-17)23(21(25)22(15)2)19(24)14-11-16-9-12-18(13-10-16)28(3,26)27/h4-15,20H,1-3H3. The van der Waals surface area contributed by atoms with Crippen LogP contribution in [-0.2, 0) is 14.6 Å². The first-order valence-corrected chi connectivity index (χ1v) is 10.7. The summed E-state index contributed by atoms with van der Waals surface area (Å²) >= 11 is 0. The molecule has 3 rings (SSSR count). The number of nitrogens with zero attached hydrogens (tertiary/aromatic N) is 2. The summed E-state index contributed by atoms with van der Waals surface area (Å²) in [6, 6.07) is 14.8. The Balaban J connectivity index is 1.85. The fourth-order valence-corrected chi connectivity index (χ4v) is 3.90. The summed E-state index contributed by atoms with van der Waals surface area (Å²) in [5, 5.41) is 0. The van der Waals surface area contributed by atoms with Crippen molar-refractivity contribution >= 4 is 27.9 Å². The number of rotatable bonds is 4. The van der Waals surface area contributed by atoms with Gasteiger partial charge in [0.25, 0.3) is 5.91 Å². The van der Waals surface area contributed by atoms with Crippen molar-refractivity contribution in [1.29, 1.82) is 0 Å². The molecule has 1 heterocycles. The van der Waals surface area contributed by atoms with Gasteiger partial charge in [-0.15, -0.1) is 0 Å². The van der Waals surface area contributed by atoms with Gasteiger partial charge in [0.2, 0.25) is 0 Å². The highest BCUT2D eigenvalue weighted by Gasteiger charge is 2.44. The van der Waals surface area contributed by atoms with E-state index < -0.39 is 15.7 Å². The van der Waals surface area contributed by atoms with Crippen LogP contribution in [0.3, 0.4) is 0 Å². The minimum absolute atomic E-state index is 0.152. The van der Waals surface area contributed by atoms with Crippen molar-refractivity contribution in [2.45, 2.75) is 23.9 Å². The third-order valence-corrected chi connectivity index (χ3v) is 6.09. The van der Waals surface area contributed by atoms with Crippen molar-refractivity contribution in [2.24, 2.45) is 0 Å². The Labute approximate surface area is 165 Å². The van der Waals surface area contributed by atoms with Gasteiger partial charge in [0.1, 0.15) is 0 Å². The zero-order chi connectivity index (χ0) is 20.5. The first kappa shape index (κ1) is 19.8. The largest absolute Gasteiger partial charge is 0.327 e. The highest BCUT2D eigenvalue weighted by molar-refractivity contribution is 7.90. The van der Waals surface area contributed by atoms with Crippen molar-refractivity contribution < 1.29 is 18.0 Å². The molecule has 2 unspecified atom stereocenters. The Bertz CT molecular complexity index is 1010. The molecular weight excluding hydrogens is 376 g/mol. The van der Waals surface area contributed by atoms with Gasteiger partial charge in [-0.1, -0.05) is 42.5 Å². The molecule has 1 aliphatic rings. The number of benzene rings is 2. The van der Waals surface area contributed by atoms with Crippen molar-refractivity contribution in [3.8, 4) is 0 Å². The van der Waals surface area contributed by atoms with Gasteiger partial charge in [0, 0.05) is 19.4 Å².